The highest BCUT2D eigenvalue weighted by Crippen LogP contribution is 2.38. The van der Waals surface area contributed by atoms with E-state index in [-0.39, 0.29) is 5.91 Å². The first kappa shape index (κ1) is 20.8. The second-order valence-corrected chi connectivity index (χ2v) is 9.45. The van der Waals surface area contributed by atoms with Crippen LogP contribution in [-0.2, 0) is 0 Å². The minimum Gasteiger partial charge on any atom is -0.334 e. The lowest BCUT2D eigenvalue weighted by Gasteiger charge is -2.43. The van der Waals surface area contributed by atoms with E-state index in [0.29, 0.717) is 11.7 Å². The van der Waals surface area contributed by atoms with E-state index in [0.717, 1.165) is 57.2 Å². The Hall–Kier alpha value is -3.10. The van der Waals surface area contributed by atoms with E-state index >= 15 is 0 Å². The van der Waals surface area contributed by atoms with Gasteiger partial charge in [-0.2, -0.15) is 5.10 Å². The highest BCUT2D eigenvalue weighted by Gasteiger charge is 2.36. The Morgan fingerprint density at radius 1 is 1.31 bits per heavy atom. The van der Waals surface area contributed by atoms with Crippen molar-refractivity contribution in [2.45, 2.75) is 26.8 Å². The van der Waals surface area contributed by atoms with Crippen molar-refractivity contribution in [1.29, 1.82) is 0 Å². The smallest absolute Gasteiger partial charge is 0.274 e. The van der Waals surface area contributed by atoms with E-state index in [4.69, 9.17) is 4.98 Å². The molecule has 1 aromatic carbocycles. The number of carbonyl (C=O) groups excluding carboxylic acids is 1. The minimum atomic E-state index is -0.0284. The fourth-order valence-electron chi connectivity index (χ4n) is 4.20. The third-order valence-corrected chi connectivity index (χ3v) is 7.35. The van der Waals surface area contributed by atoms with Gasteiger partial charge in [-0.15, -0.1) is 11.3 Å². The predicted molar refractivity (Wildman–Crippen MR) is 128 cm³/mol. The van der Waals surface area contributed by atoms with Gasteiger partial charge >= 0.3 is 0 Å². The maximum Gasteiger partial charge on any atom is 0.274 e. The summed E-state index contributed by atoms with van der Waals surface area (Å²) in [6.07, 6.45) is 3.52. The Labute approximate surface area is 191 Å². The minimum absolute atomic E-state index is 0.0284. The molecule has 164 valence electrons. The number of nitrogens with one attached hydrogen (secondary N) is 1. The topological polar surface area (TPSA) is 78.0 Å². The number of benzene rings is 1. The maximum absolute atomic E-state index is 13.4. The molecule has 1 N–H and O–H groups in total. The highest BCUT2D eigenvalue weighted by atomic mass is 32.1. The van der Waals surface area contributed by atoms with Crippen molar-refractivity contribution in [3.05, 3.63) is 53.5 Å². The first-order valence-electron chi connectivity index (χ1n) is 10.8. The van der Waals surface area contributed by atoms with Gasteiger partial charge < -0.3 is 9.80 Å². The molecule has 3 aromatic heterocycles. The number of nitrogens with zero attached hydrogens (tertiary/aromatic N) is 5. The summed E-state index contributed by atoms with van der Waals surface area (Å²) in [4.78, 5) is 27.5. The van der Waals surface area contributed by atoms with Gasteiger partial charge in [0.25, 0.3) is 5.91 Å². The normalized spacial score (nSPS) is 14.3. The number of H-pyrrole nitrogens is 1. The van der Waals surface area contributed by atoms with Crippen LogP contribution < -0.4 is 0 Å². The van der Waals surface area contributed by atoms with E-state index in [2.05, 4.69) is 60.0 Å². The number of hydrogen-bond acceptors (Lipinski definition) is 6. The first-order chi connectivity index (χ1) is 15.5. The molecule has 4 aromatic rings. The maximum atomic E-state index is 13.4. The molecule has 8 heteroatoms. The Balaban J connectivity index is 1.57. The molecule has 0 radical (unpaired) electrons. The van der Waals surface area contributed by atoms with Crippen LogP contribution in [0.3, 0.4) is 0 Å². The molecule has 1 amide bonds. The van der Waals surface area contributed by atoms with Crippen LogP contribution in [0.1, 0.15) is 28.5 Å². The molecular formula is C24H26N6OS. The number of aromatic amines is 1. The van der Waals surface area contributed by atoms with Gasteiger partial charge in [-0.3, -0.25) is 14.9 Å². The largest absolute Gasteiger partial charge is 0.334 e. The second kappa shape index (κ2) is 8.11. The van der Waals surface area contributed by atoms with Crippen molar-refractivity contribution in [3.63, 3.8) is 0 Å². The van der Waals surface area contributed by atoms with Crippen LogP contribution in [0.4, 0.5) is 0 Å². The van der Waals surface area contributed by atoms with Gasteiger partial charge in [-0.05, 0) is 45.1 Å². The van der Waals surface area contributed by atoms with Gasteiger partial charge in [0, 0.05) is 42.5 Å². The summed E-state index contributed by atoms with van der Waals surface area (Å²) in [6.45, 7) is 8.71. The van der Waals surface area contributed by atoms with Crippen LogP contribution in [0.5, 0.6) is 0 Å². The zero-order valence-electron chi connectivity index (χ0n) is 18.7. The van der Waals surface area contributed by atoms with Gasteiger partial charge in [-0.1, -0.05) is 24.6 Å². The van der Waals surface area contributed by atoms with E-state index in [1.54, 1.807) is 12.4 Å². The number of hydrogen-bond donors (Lipinski definition) is 1. The van der Waals surface area contributed by atoms with Gasteiger partial charge in [0.15, 0.2) is 0 Å². The van der Waals surface area contributed by atoms with Crippen molar-refractivity contribution in [3.8, 4) is 21.1 Å². The SMILES string of the molecule is CCN(C)C1CN(C(=O)c2nc(-c3n[nH]c4c(C)cc(C)cc34)sc2-c2cccnc2)C1. The monoisotopic (exact) mass is 446 g/mol. The molecule has 7 nitrogen and oxygen atoms in total. The first-order valence-corrected chi connectivity index (χ1v) is 11.6. The van der Waals surface area contributed by atoms with Gasteiger partial charge in [0.1, 0.15) is 16.4 Å². The Bertz CT molecular complexity index is 1290. The van der Waals surface area contributed by atoms with Crippen LogP contribution in [0.25, 0.3) is 32.0 Å². The number of likely N-dealkylation sites (N-methyl/N-ethyl adjacent to an activating group) is 1. The fourth-order valence-corrected chi connectivity index (χ4v) is 5.26. The Morgan fingerprint density at radius 3 is 2.84 bits per heavy atom. The number of aryl methyl sites for hydroxylation is 2. The number of likely N-dealkylation sites (tertiary alicyclic amines) is 1. The molecule has 32 heavy (non-hydrogen) atoms. The highest BCUT2D eigenvalue weighted by molar-refractivity contribution is 7.18. The molecule has 5 rings (SSSR count). The number of carbonyl (C=O) groups is 1. The van der Waals surface area contributed by atoms with Gasteiger partial charge in [0.05, 0.1) is 10.4 Å². The van der Waals surface area contributed by atoms with Crippen LogP contribution >= 0.6 is 11.3 Å². The number of thiazole rings is 1. The summed E-state index contributed by atoms with van der Waals surface area (Å²) in [7, 11) is 2.10. The molecule has 1 aliphatic heterocycles. The Morgan fingerprint density at radius 2 is 2.12 bits per heavy atom. The molecule has 0 unspecified atom stereocenters. The lowest BCUT2D eigenvalue weighted by molar-refractivity contribution is 0.0350. The molecule has 0 saturated carbocycles. The molecule has 0 aliphatic carbocycles. The van der Waals surface area contributed by atoms with Gasteiger partial charge in [-0.25, -0.2) is 4.98 Å². The van der Waals surface area contributed by atoms with E-state index in [9.17, 15) is 4.79 Å². The van der Waals surface area contributed by atoms with Crippen molar-refractivity contribution in [2.75, 3.05) is 26.7 Å². The van der Waals surface area contributed by atoms with Crippen molar-refractivity contribution < 1.29 is 4.79 Å². The number of aromatic nitrogens is 4. The third kappa shape index (κ3) is 3.49. The quantitative estimate of drug-likeness (QED) is 0.498. The summed E-state index contributed by atoms with van der Waals surface area (Å²) < 4.78 is 0. The lowest BCUT2D eigenvalue weighted by Crippen LogP contribution is -2.60. The average Bonchev–Trinajstić information content (AvgIpc) is 3.37. The number of amides is 1. The zero-order chi connectivity index (χ0) is 22.4. The second-order valence-electron chi connectivity index (χ2n) is 8.45. The molecule has 0 atom stereocenters. The predicted octanol–water partition coefficient (Wildman–Crippen LogP) is 4.14. The summed E-state index contributed by atoms with van der Waals surface area (Å²) in [5.74, 6) is -0.0284. The molecule has 0 bridgehead atoms. The van der Waals surface area contributed by atoms with E-state index in [1.807, 2.05) is 17.0 Å². The van der Waals surface area contributed by atoms with Crippen LogP contribution in [0, 0.1) is 13.8 Å². The summed E-state index contributed by atoms with van der Waals surface area (Å²) in [6, 6.07) is 8.52. The van der Waals surface area contributed by atoms with Crippen LogP contribution in [0.15, 0.2) is 36.7 Å². The van der Waals surface area contributed by atoms with E-state index < -0.39 is 0 Å². The molecule has 4 heterocycles. The molecule has 1 aliphatic rings. The van der Waals surface area contributed by atoms with E-state index in [1.165, 1.54) is 16.9 Å². The summed E-state index contributed by atoms with van der Waals surface area (Å²) in [5, 5.41) is 9.50. The van der Waals surface area contributed by atoms with Crippen LogP contribution in [0.2, 0.25) is 0 Å². The standard InChI is InChI=1S/C24H26N6OS/c1-5-29(4)17-12-30(13-17)24(31)21-22(16-7-6-8-25-11-16)32-23(26-21)20-18-10-14(2)9-15(3)19(18)27-28-20/h6-11,17H,5,12-13H2,1-4H3,(H,27,28). The van der Waals surface area contributed by atoms with Crippen LogP contribution in [-0.4, -0.2) is 68.6 Å². The van der Waals surface area contributed by atoms with Gasteiger partial charge in [0.2, 0.25) is 0 Å². The molecule has 1 saturated heterocycles. The van der Waals surface area contributed by atoms with Crippen molar-refractivity contribution >= 4 is 28.1 Å². The summed E-state index contributed by atoms with van der Waals surface area (Å²) >= 11 is 1.50. The third-order valence-electron chi connectivity index (χ3n) is 6.24. The molecule has 1 fully saturated rings. The molecule has 0 spiro atoms. The number of fused-ring (bicyclic) bond motifs is 1. The fraction of sp³-hybridized carbons (Fsp3) is 0.333. The number of pyridine rings is 1. The molecular weight excluding hydrogens is 420 g/mol. The van der Waals surface area contributed by atoms with Crippen molar-refractivity contribution in [1.82, 2.24) is 30.0 Å². The lowest BCUT2D eigenvalue weighted by atomic mass is 10.1. The zero-order valence-corrected chi connectivity index (χ0v) is 19.5. The number of rotatable bonds is 5. The Kier molecular flexibility index (Phi) is 5.27. The average molecular weight is 447 g/mol. The van der Waals surface area contributed by atoms with Crippen molar-refractivity contribution in [2.24, 2.45) is 0 Å². The summed E-state index contributed by atoms with van der Waals surface area (Å²) in [5.41, 5.74) is 5.49.